The Hall–Kier alpha value is -2.28. The highest BCUT2D eigenvalue weighted by atomic mass is 15.2. The third-order valence-corrected chi connectivity index (χ3v) is 3.66. The molecule has 86 valence electrons. The molecule has 0 aliphatic carbocycles. The Labute approximate surface area is 107 Å². The van der Waals surface area contributed by atoms with E-state index in [9.17, 15) is 0 Å². The van der Waals surface area contributed by atoms with Crippen LogP contribution in [0.4, 0.5) is 5.69 Å². The molecule has 2 aromatic rings. The molecule has 0 atom stereocenters. The van der Waals surface area contributed by atoms with Gasteiger partial charge in [-0.05, 0) is 17.7 Å². The summed E-state index contributed by atoms with van der Waals surface area (Å²) in [6, 6.07) is 17.3. The van der Waals surface area contributed by atoms with Gasteiger partial charge < -0.3 is 4.90 Å². The van der Waals surface area contributed by atoms with Gasteiger partial charge in [-0.25, -0.2) is 0 Å². The summed E-state index contributed by atoms with van der Waals surface area (Å²) in [7, 11) is 0. The maximum atomic E-state index is 2.39. The zero-order chi connectivity index (χ0) is 11.9. The average molecular weight is 231 g/mol. The number of rotatable bonds is 0. The largest absolute Gasteiger partial charge is 0.337 e. The summed E-state index contributed by atoms with van der Waals surface area (Å²) in [5.41, 5.74) is 6.63. The van der Waals surface area contributed by atoms with Gasteiger partial charge in [0.05, 0.1) is 0 Å². The molecule has 1 heteroatoms. The van der Waals surface area contributed by atoms with Crippen molar-refractivity contribution in [3.8, 4) is 11.1 Å². The van der Waals surface area contributed by atoms with Gasteiger partial charge in [0.2, 0.25) is 0 Å². The second-order valence-corrected chi connectivity index (χ2v) is 4.65. The first-order chi connectivity index (χ1) is 8.95. The molecule has 0 spiro atoms. The highest BCUT2D eigenvalue weighted by Crippen LogP contribution is 2.44. The SMILES string of the molecule is C1=CCN2C(=C1)c1ccccc1-c1ccccc12. The fourth-order valence-corrected chi connectivity index (χ4v) is 2.86. The van der Waals surface area contributed by atoms with Gasteiger partial charge in [-0.1, -0.05) is 54.6 Å². The monoisotopic (exact) mass is 231 g/mol. The molecule has 18 heavy (non-hydrogen) atoms. The summed E-state index contributed by atoms with van der Waals surface area (Å²) in [6.45, 7) is 0.956. The molecule has 2 heterocycles. The predicted octanol–water partition coefficient (Wildman–Crippen LogP) is 4.08. The molecule has 1 nitrogen and oxygen atoms in total. The van der Waals surface area contributed by atoms with Crippen molar-refractivity contribution in [1.29, 1.82) is 0 Å². The lowest BCUT2D eigenvalue weighted by molar-refractivity contribution is 1.08. The fourth-order valence-electron chi connectivity index (χ4n) is 2.86. The van der Waals surface area contributed by atoms with Crippen LogP contribution in [0, 0.1) is 0 Å². The molecule has 2 aliphatic rings. The summed E-state index contributed by atoms with van der Waals surface area (Å²) in [5.74, 6) is 0. The molecule has 0 saturated heterocycles. The van der Waals surface area contributed by atoms with Gasteiger partial charge in [0.1, 0.15) is 0 Å². The first-order valence-corrected chi connectivity index (χ1v) is 6.28. The standard InChI is InChI=1S/C17H13N/c1-2-8-14-13(7-1)15-9-3-4-10-16(15)18-12-6-5-11-17(14)18/h1-11H,12H2. The Morgan fingerprint density at radius 3 is 2.39 bits per heavy atom. The van der Waals surface area contributed by atoms with Gasteiger partial charge in [0.15, 0.2) is 0 Å². The fraction of sp³-hybridized carbons (Fsp3) is 0.0588. The van der Waals surface area contributed by atoms with E-state index in [-0.39, 0.29) is 0 Å². The first-order valence-electron chi connectivity index (χ1n) is 6.28. The Morgan fingerprint density at radius 1 is 0.778 bits per heavy atom. The molecular weight excluding hydrogens is 218 g/mol. The van der Waals surface area contributed by atoms with Crippen LogP contribution in [0.1, 0.15) is 5.56 Å². The normalized spacial score (nSPS) is 15.6. The summed E-state index contributed by atoms with van der Waals surface area (Å²) in [4.78, 5) is 2.39. The molecule has 0 saturated carbocycles. The number of fused-ring (bicyclic) bond motifs is 6. The Bertz CT molecular complexity index is 680. The Balaban J connectivity index is 2.09. The zero-order valence-electron chi connectivity index (χ0n) is 10.0. The zero-order valence-corrected chi connectivity index (χ0v) is 10.0. The summed E-state index contributed by atoms with van der Waals surface area (Å²) in [5, 5.41) is 0. The first kappa shape index (κ1) is 9.72. The number of allylic oxidation sites excluding steroid dienone is 2. The third kappa shape index (κ3) is 1.22. The van der Waals surface area contributed by atoms with Crippen LogP contribution in [0.15, 0.2) is 66.8 Å². The van der Waals surface area contributed by atoms with Crippen LogP contribution in [0.2, 0.25) is 0 Å². The molecular formula is C17H13N. The summed E-state index contributed by atoms with van der Waals surface area (Å²) < 4.78 is 0. The molecule has 2 aromatic carbocycles. The average Bonchev–Trinajstić information content (AvgIpc) is 2.48. The molecule has 0 bridgehead atoms. The van der Waals surface area contributed by atoms with E-state index in [1.54, 1.807) is 0 Å². The van der Waals surface area contributed by atoms with Crippen molar-refractivity contribution in [1.82, 2.24) is 0 Å². The van der Waals surface area contributed by atoms with E-state index in [2.05, 4.69) is 71.7 Å². The van der Waals surface area contributed by atoms with Crippen molar-refractivity contribution >= 4 is 11.4 Å². The van der Waals surface area contributed by atoms with E-state index in [0.29, 0.717) is 0 Å². The number of benzene rings is 2. The topological polar surface area (TPSA) is 3.24 Å². The highest BCUT2D eigenvalue weighted by molar-refractivity contribution is 5.99. The van der Waals surface area contributed by atoms with Crippen molar-refractivity contribution in [3.05, 3.63) is 72.3 Å². The number of anilines is 1. The predicted molar refractivity (Wildman–Crippen MR) is 76.3 cm³/mol. The van der Waals surface area contributed by atoms with Crippen LogP contribution in [-0.4, -0.2) is 6.54 Å². The van der Waals surface area contributed by atoms with E-state index in [1.807, 2.05) is 0 Å². The molecule has 0 radical (unpaired) electrons. The smallest absolute Gasteiger partial charge is 0.0493 e. The van der Waals surface area contributed by atoms with Gasteiger partial charge >= 0.3 is 0 Å². The second-order valence-electron chi connectivity index (χ2n) is 4.65. The minimum Gasteiger partial charge on any atom is -0.337 e. The van der Waals surface area contributed by atoms with Crippen LogP contribution in [0.5, 0.6) is 0 Å². The second kappa shape index (κ2) is 3.61. The lowest BCUT2D eigenvalue weighted by Gasteiger charge is -2.35. The summed E-state index contributed by atoms with van der Waals surface area (Å²) in [6.07, 6.45) is 6.56. The Morgan fingerprint density at radius 2 is 1.50 bits per heavy atom. The van der Waals surface area contributed by atoms with Crippen molar-refractivity contribution in [2.24, 2.45) is 0 Å². The molecule has 0 amide bonds. The van der Waals surface area contributed by atoms with Crippen LogP contribution in [0.25, 0.3) is 16.8 Å². The number of hydrogen-bond donors (Lipinski definition) is 0. The number of hydrogen-bond acceptors (Lipinski definition) is 1. The van der Waals surface area contributed by atoms with Crippen molar-refractivity contribution < 1.29 is 0 Å². The number of nitrogens with zero attached hydrogens (tertiary/aromatic N) is 1. The van der Waals surface area contributed by atoms with Crippen molar-refractivity contribution in [2.45, 2.75) is 0 Å². The molecule has 0 aromatic heterocycles. The van der Waals surface area contributed by atoms with Gasteiger partial charge in [-0.2, -0.15) is 0 Å². The van der Waals surface area contributed by atoms with Crippen LogP contribution < -0.4 is 4.90 Å². The minimum atomic E-state index is 0.956. The van der Waals surface area contributed by atoms with E-state index in [1.165, 1.54) is 28.1 Å². The minimum absolute atomic E-state index is 0.956. The molecule has 0 N–H and O–H groups in total. The number of para-hydroxylation sites is 1. The van der Waals surface area contributed by atoms with Gasteiger partial charge in [0, 0.05) is 29.1 Å². The van der Waals surface area contributed by atoms with Crippen molar-refractivity contribution in [2.75, 3.05) is 11.4 Å². The van der Waals surface area contributed by atoms with E-state index in [0.717, 1.165) is 6.54 Å². The van der Waals surface area contributed by atoms with Crippen LogP contribution >= 0.6 is 0 Å². The van der Waals surface area contributed by atoms with E-state index >= 15 is 0 Å². The summed E-state index contributed by atoms with van der Waals surface area (Å²) >= 11 is 0. The van der Waals surface area contributed by atoms with Gasteiger partial charge in [0.25, 0.3) is 0 Å². The van der Waals surface area contributed by atoms with E-state index < -0.39 is 0 Å². The van der Waals surface area contributed by atoms with Gasteiger partial charge in [-0.15, -0.1) is 0 Å². The lowest BCUT2D eigenvalue weighted by Crippen LogP contribution is -2.26. The van der Waals surface area contributed by atoms with Gasteiger partial charge in [-0.3, -0.25) is 0 Å². The molecule has 0 fully saturated rings. The maximum Gasteiger partial charge on any atom is 0.0493 e. The lowest BCUT2D eigenvalue weighted by atomic mass is 9.90. The van der Waals surface area contributed by atoms with Crippen molar-refractivity contribution in [3.63, 3.8) is 0 Å². The third-order valence-electron chi connectivity index (χ3n) is 3.66. The maximum absolute atomic E-state index is 2.39. The van der Waals surface area contributed by atoms with Crippen LogP contribution in [0.3, 0.4) is 0 Å². The molecule has 2 aliphatic heterocycles. The molecule has 0 unspecified atom stereocenters. The van der Waals surface area contributed by atoms with E-state index in [4.69, 9.17) is 0 Å². The van der Waals surface area contributed by atoms with Crippen LogP contribution in [-0.2, 0) is 0 Å². The highest BCUT2D eigenvalue weighted by Gasteiger charge is 2.25. The quantitative estimate of drug-likeness (QED) is 0.660. The Kier molecular flexibility index (Phi) is 1.95. The molecule has 4 rings (SSSR count).